The van der Waals surface area contributed by atoms with Crippen LogP contribution in [0.1, 0.15) is 44.9 Å². The van der Waals surface area contributed by atoms with E-state index in [1.807, 2.05) is 19.2 Å². The molecule has 4 nitrogen and oxygen atoms in total. The quantitative estimate of drug-likeness (QED) is 0.690. The molecule has 6 heteroatoms. The number of sulfonamides is 1. The molecule has 0 aromatic carbocycles. The minimum absolute atomic E-state index is 0.343. The molecule has 1 aromatic rings. The van der Waals surface area contributed by atoms with Crippen LogP contribution < -0.4 is 10.0 Å². The van der Waals surface area contributed by atoms with Gasteiger partial charge in [-0.1, -0.05) is 33.6 Å². The van der Waals surface area contributed by atoms with E-state index in [0.717, 1.165) is 24.1 Å². The molecule has 0 fully saturated rings. The Morgan fingerprint density at radius 1 is 1.32 bits per heavy atom. The molecule has 0 aliphatic carbocycles. The van der Waals surface area contributed by atoms with E-state index in [2.05, 4.69) is 17.0 Å². The Kier molecular flexibility index (Phi) is 6.99. The second-order valence-electron chi connectivity index (χ2n) is 4.85. The van der Waals surface area contributed by atoms with Gasteiger partial charge in [-0.05, 0) is 17.9 Å². The van der Waals surface area contributed by atoms with Crippen LogP contribution in [0, 0.1) is 0 Å². The van der Waals surface area contributed by atoms with Gasteiger partial charge < -0.3 is 5.32 Å². The first kappa shape index (κ1) is 16.6. The lowest BCUT2D eigenvalue weighted by atomic mass is 10.3. The molecule has 0 radical (unpaired) electrons. The van der Waals surface area contributed by atoms with E-state index in [4.69, 9.17) is 0 Å². The predicted octanol–water partition coefficient (Wildman–Crippen LogP) is 2.71. The lowest BCUT2D eigenvalue weighted by molar-refractivity contribution is 0.568. The molecule has 19 heavy (non-hydrogen) atoms. The number of unbranched alkanes of at least 4 members (excludes halogenated alkanes) is 2. The van der Waals surface area contributed by atoms with Crippen LogP contribution in [0.4, 0.5) is 0 Å². The van der Waals surface area contributed by atoms with Crippen LogP contribution in [0.25, 0.3) is 0 Å². The van der Waals surface area contributed by atoms with Crippen LogP contribution >= 0.6 is 11.3 Å². The minimum atomic E-state index is -3.36. The molecule has 1 rings (SSSR count). The third-order valence-electron chi connectivity index (χ3n) is 2.74. The highest BCUT2D eigenvalue weighted by Crippen LogP contribution is 2.21. The van der Waals surface area contributed by atoms with Crippen molar-refractivity contribution in [3.05, 3.63) is 16.3 Å². The van der Waals surface area contributed by atoms with Gasteiger partial charge in [0.05, 0.1) is 4.90 Å². The molecule has 0 saturated carbocycles. The van der Waals surface area contributed by atoms with Gasteiger partial charge in [-0.2, -0.15) is 0 Å². The van der Waals surface area contributed by atoms with E-state index in [1.165, 1.54) is 11.3 Å². The van der Waals surface area contributed by atoms with Crippen molar-refractivity contribution in [3.8, 4) is 0 Å². The van der Waals surface area contributed by atoms with Crippen molar-refractivity contribution in [2.24, 2.45) is 0 Å². The second kappa shape index (κ2) is 7.99. The molecule has 1 heterocycles. The fraction of sp³-hybridized carbons (Fsp3) is 0.692. The summed E-state index contributed by atoms with van der Waals surface area (Å²) in [5.74, 6) is 0. The summed E-state index contributed by atoms with van der Waals surface area (Å²) in [7, 11) is -3.36. The average Bonchev–Trinajstić information content (AvgIpc) is 2.81. The lowest BCUT2D eigenvalue weighted by Crippen LogP contribution is -2.27. The summed E-state index contributed by atoms with van der Waals surface area (Å²) in [6, 6.07) is 2.03. The summed E-state index contributed by atoms with van der Waals surface area (Å²) in [5, 5.41) is 5.09. The predicted molar refractivity (Wildman–Crippen MR) is 81.0 cm³/mol. The Labute approximate surface area is 120 Å². The molecule has 0 atom stereocenters. The van der Waals surface area contributed by atoms with Crippen molar-refractivity contribution in [3.63, 3.8) is 0 Å². The SMILES string of the molecule is CCCCCNS(=O)(=O)c1ccsc1CNC(C)C. The Balaban J connectivity index is 2.64. The van der Waals surface area contributed by atoms with Crippen LogP contribution in [-0.4, -0.2) is 21.0 Å². The van der Waals surface area contributed by atoms with Gasteiger partial charge in [-0.25, -0.2) is 13.1 Å². The van der Waals surface area contributed by atoms with Gasteiger partial charge in [-0.15, -0.1) is 11.3 Å². The molecule has 0 unspecified atom stereocenters. The second-order valence-corrected chi connectivity index (χ2v) is 7.58. The Bertz CT molecular complexity index is 467. The Morgan fingerprint density at radius 2 is 2.05 bits per heavy atom. The highest BCUT2D eigenvalue weighted by molar-refractivity contribution is 7.89. The maximum absolute atomic E-state index is 12.2. The van der Waals surface area contributed by atoms with E-state index >= 15 is 0 Å². The van der Waals surface area contributed by atoms with Gasteiger partial charge in [0, 0.05) is 24.0 Å². The molecule has 0 amide bonds. The van der Waals surface area contributed by atoms with Gasteiger partial charge in [0.1, 0.15) is 0 Å². The van der Waals surface area contributed by atoms with E-state index in [9.17, 15) is 8.42 Å². The number of hydrogen-bond donors (Lipinski definition) is 2. The van der Waals surface area contributed by atoms with Gasteiger partial charge in [-0.3, -0.25) is 0 Å². The molecular weight excluding hydrogens is 280 g/mol. The van der Waals surface area contributed by atoms with Crippen molar-refractivity contribution in [1.29, 1.82) is 0 Å². The summed E-state index contributed by atoms with van der Waals surface area (Å²) >= 11 is 1.48. The van der Waals surface area contributed by atoms with Gasteiger partial charge in [0.15, 0.2) is 0 Å². The molecule has 0 aliphatic heterocycles. The van der Waals surface area contributed by atoms with E-state index in [-0.39, 0.29) is 0 Å². The zero-order valence-electron chi connectivity index (χ0n) is 11.9. The largest absolute Gasteiger partial charge is 0.310 e. The van der Waals surface area contributed by atoms with E-state index in [0.29, 0.717) is 24.0 Å². The van der Waals surface area contributed by atoms with Crippen molar-refractivity contribution in [1.82, 2.24) is 10.0 Å². The van der Waals surface area contributed by atoms with Gasteiger partial charge in [0.2, 0.25) is 10.0 Å². The molecular formula is C13H24N2O2S2. The Morgan fingerprint density at radius 3 is 2.68 bits per heavy atom. The molecule has 110 valence electrons. The Hall–Kier alpha value is -0.430. The smallest absolute Gasteiger partial charge is 0.241 e. The zero-order chi connectivity index (χ0) is 14.3. The summed E-state index contributed by atoms with van der Waals surface area (Å²) in [6.07, 6.45) is 3.02. The molecule has 1 aromatic heterocycles. The fourth-order valence-corrected chi connectivity index (χ4v) is 4.12. The first-order valence-electron chi connectivity index (χ1n) is 6.76. The molecule has 0 saturated heterocycles. The maximum Gasteiger partial charge on any atom is 0.241 e. The van der Waals surface area contributed by atoms with Crippen molar-refractivity contribution < 1.29 is 8.42 Å². The summed E-state index contributed by atoms with van der Waals surface area (Å²) in [5.41, 5.74) is 0. The van der Waals surface area contributed by atoms with Crippen LogP contribution in [0.15, 0.2) is 16.3 Å². The minimum Gasteiger partial charge on any atom is -0.310 e. The normalized spacial score (nSPS) is 12.2. The average molecular weight is 304 g/mol. The van der Waals surface area contributed by atoms with Crippen molar-refractivity contribution in [2.45, 2.75) is 57.5 Å². The molecule has 0 aliphatic rings. The number of nitrogens with one attached hydrogen (secondary N) is 2. The summed E-state index contributed by atoms with van der Waals surface area (Å²) in [6.45, 7) is 7.31. The van der Waals surface area contributed by atoms with Gasteiger partial charge in [0.25, 0.3) is 0 Å². The third-order valence-corrected chi connectivity index (χ3v) is 5.33. The molecule has 0 bridgehead atoms. The highest BCUT2D eigenvalue weighted by atomic mass is 32.2. The van der Waals surface area contributed by atoms with Crippen molar-refractivity contribution >= 4 is 21.4 Å². The first-order chi connectivity index (χ1) is 8.97. The highest BCUT2D eigenvalue weighted by Gasteiger charge is 2.18. The number of rotatable bonds is 9. The fourth-order valence-electron chi connectivity index (χ4n) is 1.65. The van der Waals surface area contributed by atoms with Crippen LogP contribution in [-0.2, 0) is 16.6 Å². The zero-order valence-corrected chi connectivity index (χ0v) is 13.5. The van der Waals surface area contributed by atoms with Crippen molar-refractivity contribution in [2.75, 3.05) is 6.54 Å². The standard InChI is InChI=1S/C13H24N2O2S2/c1-4-5-6-8-15-19(16,17)13-7-9-18-12(13)10-14-11(2)3/h7,9,11,14-15H,4-6,8,10H2,1-3H3. The van der Waals surface area contributed by atoms with Crippen LogP contribution in [0.5, 0.6) is 0 Å². The topological polar surface area (TPSA) is 58.2 Å². The van der Waals surface area contributed by atoms with E-state index in [1.54, 1.807) is 6.07 Å². The maximum atomic E-state index is 12.2. The van der Waals surface area contributed by atoms with Gasteiger partial charge >= 0.3 is 0 Å². The molecule has 0 spiro atoms. The van der Waals surface area contributed by atoms with Crippen LogP contribution in [0.3, 0.4) is 0 Å². The van der Waals surface area contributed by atoms with E-state index < -0.39 is 10.0 Å². The lowest BCUT2D eigenvalue weighted by Gasteiger charge is -2.10. The van der Waals surface area contributed by atoms with Crippen LogP contribution in [0.2, 0.25) is 0 Å². The summed E-state index contributed by atoms with van der Waals surface area (Å²) < 4.78 is 27.1. The molecule has 2 N–H and O–H groups in total. The summed E-state index contributed by atoms with van der Waals surface area (Å²) in [4.78, 5) is 1.29. The number of thiophene rings is 1. The first-order valence-corrected chi connectivity index (χ1v) is 9.13. The third kappa shape index (κ3) is 5.60. The number of hydrogen-bond acceptors (Lipinski definition) is 4. The monoisotopic (exact) mass is 304 g/mol.